The molecule has 0 saturated carbocycles. The molecule has 0 aromatic heterocycles. The number of ether oxygens (including phenoxy) is 1. The Morgan fingerprint density at radius 2 is 1.59 bits per heavy atom. The van der Waals surface area contributed by atoms with E-state index in [1.807, 2.05) is 0 Å². The molecule has 22 heavy (non-hydrogen) atoms. The molecule has 1 rings (SSSR count). The minimum atomic E-state index is -4.86. The van der Waals surface area contributed by atoms with Gasteiger partial charge in [-0.3, -0.25) is 8.37 Å². The predicted molar refractivity (Wildman–Crippen MR) is 54.8 cm³/mol. The van der Waals surface area contributed by atoms with E-state index >= 15 is 0 Å². The van der Waals surface area contributed by atoms with Gasteiger partial charge in [0.15, 0.2) is 16.6 Å². The van der Waals surface area contributed by atoms with Gasteiger partial charge in [0.25, 0.3) is 0 Å². The molecule has 0 aromatic carbocycles. The second-order valence-corrected chi connectivity index (χ2v) is 5.66. The molecular weight excluding hydrogens is 399 g/mol. The average molecular weight is 407 g/mol. The van der Waals surface area contributed by atoms with E-state index in [2.05, 4.69) is 8.37 Å². The van der Waals surface area contributed by atoms with E-state index in [-0.39, 0.29) is 88.7 Å². The van der Waals surface area contributed by atoms with Gasteiger partial charge in [0, 0.05) is 6.42 Å². The minimum Gasteiger partial charge on any atom is -0.750 e. The summed E-state index contributed by atoms with van der Waals surface area (Å²) >= 11 is -5.90. The minimum absolute atomic E-state index is 0. The summed E-state index contributed by atoms with van der Waals surface area (Å²) in [5.41, 5.74) is 0. The van der Waals surface area contributed by atoms with Gasteiger partial charge >= 0.3 is 88.7 Å². The van der Waals surface area contributed by atoms with Crippen molar-refractivity contribution in [2.24, 2.45) is 0 Å². The van der Waals surface area contributed by atoms with E-state index in [1.54, 1.807) is 4.72 Å². The Morgan fingerprint density at radius 1 is 1.09 bits per heavy atom. The van der Waals surface area contributed by atoms with Gasteiger partial charge in [-0.1, -0.05) is 0 Å². The van der Waals surface area contributed by atoms with Crippen LogP contribution >= 0.6 is 0 Å². The normalized spacial score (nSPS) is 27.5. The summed E-state index contributed by atoms with van der Waals surface area (Å²) in [6.07, 6.45) is -3.07. The first-order valence-corrected chi connectivity index (χ1v) is 7.95. The number of hydrogen-bond donors (Lipinski definition) is 1. The fourth-order valence-electron chi connectivity index (χ4n) is 1.40. The molecule has 0 aliphatic carbocycles. The van der Waals surface area contributed by atoms with Crippen LogP contribution in [0, 0.1) is 0 Å². The Hall–Kier alpha value is 2.97. The van der Waals surface area contributed by atoms with Crippen LogP contribution in [0.3, 0.4) is 0 Å². The van der Waals surface area contributed by atoms with Crippen molar-refractivity contribution < 1.29 is 132 Å². The van der Waals surface area contributed by atoms with Gasteiger partial charge in [0.1, 0.15) is 0 Å². The molecule has 0 radical (unpaired) electrons. The van der Waals surface area contributed by atoms with Crippen LogP contribution in [0.1, 0.15) is 6.42 Å². The molecule has 0 aromatic rings. The summed E-state index contributed by atoms with van der Waals surface area (Å²) in [6, 6.07) is -1.28. The second kappa shape index (κ2) is 14.1. The number of rotatable bonds is 6. The Labute approximate surface area is 198 Å². The molecule has 5 unspecified atom stereocenters. The molecule has 0 amide bonds. The van der Waals surface area contributed by atoms with Crippen LogP contribution in [0.5, 0.6) is 0 Å². The fourth-order valence-corrected chi connectivity index (χ4v) is 2.71. The molecule has 0 spiro atoms. The van der Waals surface area contributed by atoms with Crippen molar-refractivity contribution in [2.75, 3.05) is 6.61 Å². The van der Waals surface area contributed by atoms with E-state index in [0.29, 0.717) is 0 Å². The Kier molecular flexibility index (Phi) is 19.0. The van der Waals surface area contributed by atoms with Crippen LogP contribution in [0.2, 0.25) is 0 Å². The third kappa shape index (κ3) is 13.2. The maximum Gasteiger partial charge on any atom is 1.00 e. The number of hydrogen-bond acceptors (Lipinski definition) is 10. The molecule has 0 bridgehead atoms. The smallest absolute Gasteiger partial charge is 0.750 e. The topological polar surface area (TPSA) is 177 Å². The van der Waals surface area contributed by atoms with Gasteiger partial charge in [-0.25, -0.2) is 21.6 Å². The Bertz CT molecular complexity index is 463. The van der Waals surface area contributed by atoms with Crippen molar-refractivity contribution in [1.29, 1.82) is 0 Å². The molecule has 114 valence electrons. The third-order valence-corrected chi connectivity index (χ3v) is 3.39. The second-order valence-electron chi connectivity index (χ2n) is 3.32. The SMILES string of the molecule is O=S([O-])OC1CC(OS(=O)[O-])C(NS(=O)(=O)[O-])CO1.[Na+].[Na+].[Na+]. The van der Waals surface area contributed by atoms with Gasteiger partial charge in [0.05, 0.1) is 41.5 Å². The number of nitrogens with one attached hydrogen (secondary N) is 1. The fraction of sp³-hybridized carbons (Fsp3) is 1.00. The van der Waals surface area contributed by atoms with E-state index in [4.69, 9.17) is 4.74 Å². The van der Waals surface area contributed by atoms with Gasteiger partial charge in [-0.2, -0.15) is 0 Å². The third-order valence-electron chi connectivity index (χ3n) is 2.02. The maximum atomic E-state index is 10.5. The van der Waals surface area contributed by atoms with E-state index in [9.17, 15) is 30.5 Å². The van der Waals surface area contributed by atoms with Crippen LogP contribution < -0.4 is 93.4 Å². The molecule has 1 saturated heterocycles. The van der Waals surface area contributed by atoms with Crippen molar-refractivity contribution >= 4 is 33.0 Å². The maximum absolute atomic E-state index is 10.5. The largest absolute Gasteiger partial charge is 1.00 e. The standard InChI is InChI=1S/C5H11NO10S3.3Na/c7-17(8)15-4-1-5(16-18(9)10)14-2-3(4)6-19(11,12)13;;;/h3-6H,1-2H2,(H,7,8)(H,9,10)(H,11,12,13);;;/q;3*+1/p-3. The molecule has 1 aliphatic rings. The summed E-state index contributed by atoms with van der Waals surface area (Å²) in [4.78, 5) is 0. The predicted octanol–water partition coefficient (Wildman–Crippen LogP) is -11.8. The molecule has 1 heterocycles. The quantitative estimate of drug-likeness (QED) is 0.253. The van der Waals surface area contributed by atoms with E-state index in [1.165, 1.54) is 0 Å². The van der Waals surface area contributed by atoms with Crippen LogP contribution in [-0.2, 0) is 46.1 Å². The first-order chi connectivity index (χ1) is 8.67. The van der Waals surface area contributed by atoms with Crippen molar-refractivity contribution in [1.82, 2.24) is 4.72 Å². The monoisotopic (exact) mass is 407 g/mol. The first-order valence-electron chi connectivity index (χ1n) is 4.55. The summed E-state index contributed by atoms with van der Waals surface area (Å²) in [7, 11) is -4.86. The Balaban J connectivity index is -0.00000120. The van der Waals surface area contributed by atoms with Crippen molar-refractivity contribution in [3.8, 4) is 0 Å². The van der Waals surface area contributed by atoms with Gasteiger partial charge in [-0.05, 0) is 0 Å². The zero-order valence-corrected chi connectivity index (χ0v) is 20.4. The van der Waals surface area contributed by atoms with Crippen LogP contribution in [0.25, 0.3) is 0 Å². The summed E-state index contributed by atoms with van der Waals surface area (Å²) < 4.78 is 88.0. The summed E-state index contributed by atoms with van der Waals surface area (Å²) in [6.45, 7) is -0.495. The summed E-state index contributed by atoms with van der Waals surface area (Å²) in [5, 5.41) is 0. The molecule has 1 fully saturated rings. The molecule has 1 aliphatic heterocycles. The van der Waals surface area contributed by atoms with Gasteiger partial charge in [-0.15, -0.1) is 0 Å². The average Bonchev–Trinajstić information content (AvgIpc) is 2.18. The first kappa shape index (κ1) is 29.7. The molecule has 17 heteroatoms. The van der Waals surface area contributed by atoms with Crippen LogP contribution in [0.4, 0.5) is 0 Å². The van der Waals surface area contributed by atoms with Crippen molar-refractivity contribution in [3.05, 3.63) is 0 Å². The van der Waals surface area contributed by atoms with Gasteiger partial charge in [0.2, 0.25) is 0 Å². The van der Waals surface area contributed by atoms with Crippen LogP contribution in [-0.4, -0.2) is 55.5 Å². The van der Waals surface area contributed by atoms with E-state index < -0.39 is 64.5 Å². The molecule has 1 N–H and O–H groups in total. The Morgan fingerprint density at radius 3 is 2.00 bits per heavy atom. The molecular formula is C5H8NNa3O10S3. The van der Waals surface area contributed by atoms with Crippen LogP contribution in [0.15, 0.2) is 0 Å². The van der Waals surface area contributed by atoms with Gasteiger partial charge < -0.3 is 18.4 Å². The van der Waals surface area contributed by atoms with Crippen molar-refractivity contribution in [2.45, 2.75) is 24.9 Å². The molecule has 5 atom stereocenters. The van der Waals surface area contributed by atoms with Crippen molar-refractivity contribution in [3.63, 3.8) is 0 Å². The zero-order chi connectivity index (χ0) is 14.6. The molecule has 11 nitrogen and oxygen atoms in total. The summed E-state index contributed by atoms with van der Waals surface area (Å²) in [5.74, 6) is 0. The van der Waals surface area contributed by atoms with E-state index in [0.717, 1.165) is 0 Å². The zero-order valence-electron chi connectivity index (χ0n) is 12.0.